The summed E-state index contributed by atoms with van der Waals surface area (Å²) >= 11 is 5.68. The lowest BCUT2D eigenvalue weighted by molar-refractivity contribution is 0.102. The zero-order chi connectivity index (χ0) is 11.5. The van der Waals surface area contributed by atoms with Crippen molar-refractivity contribution in [3.05, 3.63) is 35.2 Å². The first-order valence-corrected chi connectivity index (χ1v) is 4.77. The van der Waals surface area contributed by atoms with Crippen LogP contribution in [0.3, 0.4) is 0 Å². The number of nitrogens with zero attached hydrogens (tertiary/aromatic N) is 2. The molecule has 82 valence electrons. The Morgan fingerprint density at radius 1 is 1.50 bits per heavy atom. The van der Waals surface area contributed by atoms with E-state index >= 15 is 0 Å². The molecular weight excluding hydrogens is 230 g/mol. The smallest absolute Gasteiger partial charge is 0.276 e. The normalized spacial score (nSPS) is 10.1. The molecule has 0 radical (unpaired) electrons. The summed E-state index contributed by atoms with van der Waals surface area (Å²) in [6, 6.07) is 4.92. The van der Waals surface area contributed by atoms with E-state index in [1.54, 1.807) is 18.2 Å². The van der Waals surface area contributed by atoms with Gasteiger partial charge in [-0.3, -0.25) is 9.89 Å². The van der Waals surface area contributed by atoms with Crippen molar-refractivity contribution < 1.29 is 4.79 Å². The van der Waals surface area contributed by atoms with Gasteiger partial charge in [0.1, 0.15) is 16.7 Å². The Bertz CT molecular complexity index is 524. The molecule has 16 heavy (non-hydrogen) atoms. The van der Waals surface area contributed by atoms with E-state index in [9.17, 15) is 4.79 Å². The highest BCUT2D eigenvalue weighted by Crippen LogP contribution is 2.12. The molecule has 0 unspecified atom stereocenters. The van der Waals surface area contributed by atoms with Gasteiger partial charge in [-0.15, -0.1) is 0 Å². The molecule has 4 N–H and O–H groups in total. The van der Waals surface area contributed by atoms with Crippen LogP contribution in [-0.2, 0) is 0 Å². The summed E-state index contributed by atoms with van der Waals surface area (Å²) in [5.41, 5.74) is 6.00. The number of hydrogen-bond acceptors (Lipinski definition) is 4. The Kier molecular flexibility index (Phi) is 2.74. The highest BCUT2D eigenvalue weighted by atomic mass is 35.5. The van der Waals surface area contributed by atoms with Crippen LogP contribution in [0.4, 0.5) is 11.5 Å². The van der Waals surface area contributed by atoms with Gasteiger partial charge in [0.2, 0.25) is 0 Å². The Morgan fingerprint density at radius 2 is 2.31 bits per heavy atom. The summed E-state index contributed by atoms with van der Waals surface area (Å²) in [6.07, 6.45) is 1.36. The van der Waals surface area contributed by atoms with E-state index in [0.29, 0.717) is 11.0 Å². The molecule has 0 fully saturated rings. The molecule has 0 saturated carbocycles. The van der Waals surface area contributed by atoms with Gasteiger partial charge in [0.15, 0.2) is 0 Å². The number of nitrogens with two attached hydrogens (primary N) is 1. The van der Waals surface area contributed by atoms with Crippen LogP contribution in [-0.4, -0.2) is 21.1 Å². The molecule has 1 amide bonds. The number of aromatic amines is 1. The van der Waals surface area contributed by atoms with Crippen LogP contribution in [0.5, 0.6) is 0 Å². The van der Waals surface area contributed by atoms with E-state index in [1.807, 2.05) is 0 Å². The Morgan fingerprint density at radius 3 is 2.94 bits per heavy atom. The van der Waals surface area contributed by atoms with Crippen LogP contribution in [0.1, 0.15) is 10.5 Å². The number of halogens is 1. The fourth-order valence-electron chi connectivity index (χ4n) is 1.13. The first-order chi connectivity index (χ1) is 7.66. The Balaban J connectivity index is 2.17. The number of pyridine rings is 1. The largest absolute Gasteiger partial charge is 0.396 e. The Hall–Kier alpha value is -2.08. The SMILES string of the molecule is Nc1cn[nH]c1C(=O)Nc1cccc(Cl)n1. The molecule has 0 aromatic carbocycles. The maximum atomic E-state index is 11.7. The van der Waals surface area contributed by atoms with Crippen molar-refractivity contribution in [2.24, 2.45) is 0 Å². The van der Waals surface area contributed by atoms with Gasteiger partial charge in [0, 0.05) is 0 Å². The second kappa shape index (κ2) is 4.19. The number of H-pyrrole nitrogens is 1. The number of anilines is 2. The third-order valence-electron chi connectivity index (χ3n) is 1.85. The van der Waals surface area contributed by atoms with E-state index in [1.165, 1.54) is 6.20 Å². The minimum atomic E-state index is -0.412. The van der Waals surface area contributed by atoms with Gasteiger partial charge < -0.3 is 11.1 Å². The predicted octanol–water partition coefficient (Wildman–Crippen LogP) is 1.29. The Labute approximate surface area is 95.8 Å². The van der Waals surface area contributed by atoms with Crippen LogP contribution in [0.15, 0.2) is 24.4 Å². The van der Waals surface area contributed by atoms with Crippen LogP contribution in [0.2, 0.25) is 5.15 Å². The molecule has 0 aliphatic rings. The second-order valence-electron chi connectivity index (χ2n) is 3.00. The maximum Gasteiger partial charge on any atom is 0.276 e. The van der Waals surface area contributed by atoms with E-state index < -0.39 is 5.91 Å². The van der Waals surface area contributed by atoms with Gasteiger partial charge in [0.25, 0.3) is 5.91 Å². The second-order valence-corrected chi connectivity index (χ2v) is 3.39. The molecule has 0 atom stereocenters. The summed E-state index contributed by atoms with van der Waals surface area (Å²) in [6.45, 7) is 0. The molecule has 0 aliphatic carbocycles. The average Bonchev–Trinajstić information content (AvgIpc) is 2.64. The standard InChI is InChI=1S/C9H8ClN5O/c10-6-2-1-3-7(13-6)14-9(16)8-5(11)4-12-15-8/h1-4H,11H2,(H,12,15)(H,13,14,16). The average molecular weight is 238 g/mol. The van der Waals surface area contributed by atoms with Crippen LogP contribution < -0.4 is 11.1 Å². The van der Waals surface area contributed by atoms with Crippen molar-refractivity contribution in [1.82, 2.24) is 15.2 Å². The fraction of sp³-hybridized carbons (Fsp3) is 0. The number of nitrogens with one attached hydrogen (secondary N) is 2. The molecule has 2 aromatic heterocycles. The monoisotopic (exact) mass is 237 g/mol. The zero-order valence-corrected chi connectivity index (χ0v) is 8.82. The van der Waals surface area contributed by atoms with Gasteiger partial charge in [-0.25, -0.2) is 4.98 Å². The lowest BCUT2D eigenvalue weighted by Gasteiger charge is -2.03. The minimum Gasteiger partial charge on any atom is -0.396 e. The highest BCUT2D eigenvalue weighted by Gasteiger charge is 2.12. The van der Waals surface area contributed by atoms with Gasteiger partial charge >= 0.3 is 0 Å². The van der Waals surface area contributed by atoms with E-state index in [2.05, 4.69) is 20.5 Å². The summed E-state index contributed by atoms with van der Waals surface area (Å²) in [5, 5.41) is 8.98. The number of hydrogen-bond donors (Lipinski definition) is 3. The zero-order valence-electron chi connectivity index (χ0n) is 8.07. The summed E-state index contributed by atoms with van der Waals surface area (Å²) in [7, 11) is 0. The van der Waals surface area contributed by atoms with Crippen LogP contribution in [0, 0.1) is 0 Å². The minimum absolute atomic E-state index is 0.196. The summed E-state index contributed by atoms with van der Waals surface area (Å²) in [5.74, 6) is -0.0590. The lowest BCUT2D eigenvalue weighted by atomic mass is 10.3. The van der Waals surface area contributed by atoms with Crippen molar-refractivity contribution in [1.29, 1.82) is 0 Å². The number of amides is 1. The van der Waals surface area contributed by atoms with Crippen LogP contribution in [0.25, 0.3) is 0 Å². The maximum absolute atomic E-state index is 11.7. The predicted molar refractivity (Wildman–Crippen MR) is 60.2 cm³/mol. The molecule has 0 aliphatic heterocycles. The first kappa shape index (κ1) is 10.4. The number of rotatable bonds is 2. The molecule has 2 heterocycles. The fourth-order valence-corrected chi connectivity index (χ4v) is 1.30. The third kappa shape index (κ3) is 2.12. The topological polar surface area (TPSA) is 96.7 Å². The number of aromatic nitrogens is 3. The highest BCUT2D eigenvalue weighted by molar-refractivity contribution is 6.29. The van der Waals surface area contributed by atoms with Gasteiger partial charge in [0.05, 0.1) is 11.9 Å². The van der Waals surface area contributed by atoms with Gasteiger partial charge in [-0.2, -0.15) is 5.10 Å². The molecule has 6 nitrogen and oxygen atoms in total. The number of nitrogen functional groups attached to an aromatic ring is 1. The van der Waals surface area contributed by atoms with Crippen LogP contribution >= 0.6 is 11.6 Å². The molecule has 0 saturated heterocycles. The molecule has 0 bridgehead atoms. The molecule has 7 heteroatoms. The van der Waals surface area contributed by atoms with Crippen molar-refractivity contribution in [3.8, 4) is 0 Å². The molecule has 2 aromatic rings. The van der Waals surface area contributed by atoms with E-state index in [0.717, 1.165) is 0 Å². The van der Waals surface area contributed by atoms with E-state index in [-0.39, 0.29) is 11.4 Å². The molecule has 0 spiro atoms. The van der Waals surface area contributed by atoms with E-state index in [4.69, 9.17) is 17.3 Å². The first-order valence-electron chi connectivity index (χ1n) is 4.39. The van der Waals surface area contributed by atoms with Crippen molar-refractivity contribution in [2.45, 2.75) is 0 Å². The molecular formula is C9H8ClN5O. The van der Waals surface area contributed by atoms with Crippen molar-refractivity contribution >= 4 is 29.0 Å². The summed E-state index contributed by atoms with van der Waals surface area (Å²) < 4.78 is 0. The number of carbonyl (C=O) groups is 1. The van der Waals surface area contributed by atoms with Crippen molar-refractivity contribution in [2.75, 3.05) is 11.1 Å². The lowest BCUT2D eigenvalue weighted by Crippen LogP contribution is -2.15. The number of carbonyl (C=O) groups excluding carboxylic acids is 1. The van der Waals surface area contributed by atoms with Gasteiger partial charge in [-0.05, 0) is 12.1 Å². The van der Waals surface area contributed by atoms with Gasteiger partial charge in [-0.1, -0.05) is 17.7 Å². The third-order valence-corrected chi connectivity index (χ3v) is 2.06. The molecule has 2 rings (SSSR count). The quantitative estimate of drug-likeness (QED) is 0.686. The van der Waals surface area contributed by atoms with Crippen molar-refractivity contribution in [3.63, 3.8) is 0 Å². The summed E-state index contributed by atoms with van der Waals surface area (Å²) in [4.78, 5) is 15.6.